The van der Waals surface area contributed by atoms with E-state index in [9.17, 15) is 4.79 Å². The molecule has 1 heterocycles. The fraction of sp³-hybridized carbons (Fsp3) is 0.231. The highest BCUT2D eigenvalue weighted by Gasteiger charge is 2.03. The summed E-state index contributed by atoms with van der Waals surface area (Å²) in [6, 6.07) is 7.11. The molecule has 0 saturated carbocycles. The molecule has 0 saturated heterocycles. The number of nitrogens with zero attached hydrogens (tertiary/aromatic N) is 2. The van der Waals surface area contributed by atoms with Gasteiger partial charge in [0.15, 0.2) is 0 Å². The first-order valence-corrected chi connectivity index (χ1v) is 6.34. The summed E-state index contributed by atoms with van der Waals surface area (Å²) >= 11 is 5.75. The molecule has 0 aliphatic carbocycles. The first kappa shape index (κ1) is 13.4. The Morgan fingerprint density at radius 1 is 1.47 bits per heavy atom. The largest absolute Gasteiger partial charge is 0.399 e. The molecule has 0 unspecified atom stereocenters. The first-order valence-electron chi connectivity index (χ1n) is 5.97. The number of nitrogen functional groups attached to an aromatic ring is 1. The monoisotopic (exact) mass is 278 g/mol. The molecule has 2 aromatic rings. The van der Waals surface area contributed by atoms with Crippen molar-refractivity contribution >= 4 is 28.9 Å². The van der Waals surface area contributed by atoms with Gasteiger partial charge in [0.1, 0.15) is 0 Å². The minimum absolute atomic E-state index is 0.0381. The van der Waals surface area contributed by atoms with Crippen molar-refractivity contribution in [2.24, 2.45) is 0 Å². The number of hydrogen-bond acceptors (Lipinski definition) is 3. The van der Waals surface area contributed by atoms with Crippen LogP contribution in [0.25, 0.3) is 0 Å². The van der Waals surface area contributed by atoms with Gasteiger partial charge in [-0.25, -0.2) is 0 Å². The number of anilines is 2. The van der Waals surface area contributed by atoms with Gasteiger partial charge in [0.05, 0.1) is 11.2 Å². The van der Waals surface area contributed by atoms with Gasteiger partial charge in [-0.2, -0.15) is 5.10 Å². The third kappa shape index (κ3) is 4.30. The smallest absolute Gasteiger partial charge is 0.224 e. The molecule has 0 radical (unpaired) electrons. The second kappa shape index (κ2) is 6.24. The number of halogens is 1. The van der Waals surface area contributed by atoms with Crippen LogP contribution in [0.5, 0.6) is 0 Å². The van der Waals surface area contributed by atoms with E-state index in [4.69, 9.17) is 17.3 Å². The molecular formula is C13H15ClN4O. The second-order valence-electron chi connectivity index (χ2n) is 4.20. The van der Waals surface area contributed by atoms with Crippen LogP contribution in [0, 0.1) is 0 Å². The maximum absolute atomic E-state index is 11.7. The van der Waals surface area contributed by atoms with Crippen molar-refractivity contribution in [2.45, 2.75) is 19.4 Å². The van der Waals surface area contributed by atoms with Crippen LogP contribution in [0.3, 0.4) is 0 Å². The third-order valence-electron chi connectivity index (χ3n) is 2.56. The number of carbonyl (C=O) groups is 1. The molecular weight excluding hydrogens is 264 g/mol. The van der Waals surface area contributed by atoms with Crippen LogP contribution in [-0.4, -0.2) is 15.7 Å². The number of rotatable bonds is 5. The maximum atomic E-state index is 11.7. The van der Waals surface area contributed by atoms with Crippen molar-refractivity contribution in [1.82, 2.24) is 9.78 Å². The van der Waals surface area contributed by atoms with Gasteiger partial charge in [-0.1, -0.05) is 17.7 Å². The van der Waals surface area contributed by atoms with Crippen molar-refractivity contribution in [3.63, 3.8) is 0 Å². The van der Waals surface area contributed by atoms with Crippen LogP contribution >= 0.6 is 11.6 Å². The van der Waals surface area contributed by atoms with E-state index < -0.39 is 0 Å². The Balaban J connectivity index is 1.76. The Labute approximate surface area is 116 Å². The zero-order valence-electron chi connectivity index (χ0n) is 10.3. The van der Waals surface area contributed by atoms with Crippen LogP contribution in [0.2, 0.25) is 5.02 Å². The lowest BCUT2D eigenvalue weighted by molar-refractivity contribution is -0.116. The third-order valence-corrected chi connectivity index (χ3v) is 2.76. The molecule has 0 spiro atoms. The van der Waals surface area contributed by atoms with E-state index in [-0.39, 0.29) is 5.91 Å². The lowest BCUT2D eigenvalue weighted by Gasteiger charge is -2.06. The minimum atomic E-state index is -0.0381. The van der Waals surface area contributed by atoms with Gasteiger partial charge in [-0.3, -0.25) is 9.48 Å². The average molecular weight is 279 g/mol. The van der Waals surface area contributed by atoms with Gasteiger partial charge in [0.2, 0.25) is 5.91 Å². The Kier molecular flexibility index (Phi) is 4.41. The molecule has 0 fully saturated rings. The number of amides is 1. The predicted molar refractivity (Wildman–Crippen MR) is 76.0 cm³/mol. The fourth-order valence-electron chi connectivity index (χ4n) is 1.70. The highest BCUT2D eigenvalue weighted by Crippen LogP contribution is 2.12. The van der Waals surface area contributed by atoms with E-state index in [2.05, 4.69) is 10.4 Å². The number of aromatic nitrogens is 2. The van der Waals surface area contributed by atoms with Crippen LogP contribution in [0.1, 0.15) is 12.8 Å². The zero-order valence-corrected chi connectivity index (χ0v) is 11.1. The molecule has 6 heteroatoms. The standard InChI is InChI=1S/C13H15ClN4O/c14-10-8-16-18(9-10)6-2-5-13(19)17-12-4-1-3-11(15)7-12/h1,3-4,7-9H,2,5-6,15H2,(H,17,19). The number of nitrogens with one attached hydrogen (secondary N) is 1. The number of carbonyl (C=O) groups excluding carboxylic acids is 1. The Hall–Kier alpha value is -2.01. The van der Waals surface area contributed by atoms with Gasteiger partial charge < -0.3 is 11.1 Å². The van der Waals surface area contributed by atoms with Crippen LogP contribution in [0.4, 0.5) is 11.4 Å². The quantitative estimate of drug-likeness (QED) is 0.826. The molecule has 0 bridgehead atoms. The zero-order chi connectivity index (χ0) is 13.7. The van der Waals surface area contributed by atoms with Crippen molar-refractivity contribution in [3.05, 3.63) is 41.7 Å². The van der Waals surface area contributed by atoms with E-state index in [1.165, 1.54) is 0 Å². The van der Waals surface area contributed by atoms with E-state index in [1.807, 2.05) is 6.07 Å². The Bertz CT molecular complexity index is 567. The number of nitrogens with two attached hydrogens (primary N) is 1. The molecule has 1 amide bonds. The lowest BCUT2D eigenvalue weighted by Crippen LogP contribution is -2.12. The topological polar surface area (TPSA) is 72.9 Å². The highest BCUT2D eigenvalue weighted by atomic mass is 35.5. The molecule has 5 nitrogen and oxygen atoms in total. The number of aryl methyl sites for hydroxylation is 1. The molecule has 19 heavy (non-hydrogen) atoms. The molecule has 1 aromatic carbocycles. The van der Waals surface area contributed by atoms with Gasteiger partial charge in [-0.05, 0) is 24.6 Å². The van der Waals surface area contributed by atoms with Crippen molar-refractivity contribution in [2.75, 3.05) is 11.1 Å². The lowest BCUT2D eigenvalue weighted by atomic mass is 10.2. The van der Waals surface area contributed by atoms with Crippen LogP contribution in [0.15, 0.2) is 36.7 Å². The number of benzene rings is 1. The normalized spacial score (nSPS) is 10.4. The molecule has 100 valence electrons. The SMILES string of the molecule is Nc1cccc(NC(=O)CCCn2cc(Cl)cn2)c1. The van der Waals surface area contributed by atoms with Crippen LogP contribution < -0.4 is 11.1 Å². The van der Waals surface area contributed by atoms with E-state index >= 15 is 0 Å². The summed E-state index contributed by atoms with van der Waals surface area (Å²) in [5.41, 5.74) is 6.98. The highest BCUT2D eigenvalue weighted by molar-refractivity contribution is 6.30. The number of hydrogen-bond donors (Lipinski definition) is 2. The molecule has 1 aromatic heterocycles. The fourth-order valence-corrected chi connectivity index (χ4v) is 1.86. The molecule has 2 rings (SSSR count). The Morgan fingerprint density at radius 2 is 2.32 bits per heavy atom. The van der Waals surface area contributed by atoms with Crippen molar-refractivity contribution in [3.8, 4) is 0 Å². The van der Waals surface area contributed by atoms with E-state index in [0.717, 1.165) is 0 Å². The Morgan fingerprint density at radius 3 is 3.00 bits per heavy atom. The van der Waals surface area contributed by atoms with Gasteiger partial charge in [-0.15, -0.1) is 0 Å². The summed E-state index contributed by atoms with van der Waals surface area (Å²) in [6.45, 7) is 0.664. The predicted octanol–water partition coefficient (Wildman–Crippen LogP) is 2.54. The summed E-state index contributed by atoms with van der Waals surface area (Å²) in [5, 5.41) is 7.45. The molecule has 0 aliphatic rings. The van der Waals surface area contributed by atoms with Gasteiger partial charge >= 0.3 is 0 Å². The maximum Gasteiger partial charge on any atom is 0.224 e. The second-order valence-corrected chi connectivity index (χ2v) is 4.64. The van der Waals surface area contributed by atoms with Gasteiger partial charge in [0.25, 0.3) is 0 Å². The summed E-state index contributed by atoms with van der Waals surface area (Å²) in [6.07, 6.45) is 4.43. The van der Waals surface area contributed by atoms with Crippen molar-refractivity contribution < 1.29 is 4.79 Å². The summed E-state index contributed by atoms with van der Waals surface area (Å²) in [7, 11) is 0. The van der Waals surface area contributed by atoms with Gasteiger partial charge in [0, 0.05) is 30.5 Å². The summed E-state index contributed by atoms with van der Waals surface area (Å²) in [5.74, 6) is -0.0381. The average Bonchev–Trinajstić information content (AvgIpc) is 2.75. The van der Waals surface area contributed by atoms with Crippen LogP contribution in [-0.2, 0) is 11.3 Å². The first-order chi connectivity index (χ1) is 9.13. The van der Waals surface area contributed by atoms with Crippen molar-refractivity contribution in [1.29, 1.82) is 0 Å². The molecule has 0 aliphatic heterocycles. The van der Waals surface area contributed by atoms with E-state index in [1.54, 1.807) is 35.3 Å². The summed E-state index contributed by atoms with van der Waals surface area (Å²) < 4.78 is 1.72. The minimum Gasteiger partial charge on any atom is -0.399 e. The van der Waals surface area contributed by atoms with E-state index in [0.29, 0.717) is 35.8 Å². The summed E-state index contributed by atoms with van der Waals surface area (Å²) in [4.78, 5) is 11.7. The molecule has 0 atom stereocenters. The molecule has 3 N–H and O–H groups in total.